The van der Waals surface area contributed by atoms with Crippen LogP contribution in [0.1, 0.15) is 31.4 Å². The van der Waals surface area contributed by atoms with Gasteiger partial charge in [0.05, 0.1) is 6.61 Å². The first kappa shape index (κ1) is 22.9. The van der Waals surface area contributed by atoms with E-state index in [1.165, 1.54) is 57.7 Å². The molecule has 1 aromatic rings. The molecular formula is C20H32N4O5. The lowest BCUT2D eigenvalue weighted by molar-refractivity contribution is -0.134. The van der Waals surface area contributed by atoms with Gasteiger partial charge in [-0.1, -0.05) is 0 Å². The molecule has 2 N–H and O–H groups in total. The van der Waals surface area contributed by atoms with Gasteiger partial charge in [0.2, 0.25) is 5.88 Å². The molecule has 0 atom stereocenters. The minimum Gasteiger partial charge on any atom is -0.478 e. The first-order valence-electron chi connectivity index (χ1n) is 10.2. The van der Waals surface area contributed by atoms with Crippen LogP contribution in [-0.4, -0.2) is 88.1 Å². The van der Waals surface area contributed by atoms with Gasteiger partial charge < -0.3 is 24.7 Å². The molecule has 1 fully saturated rings. The number of carboxylic acid groups (broad SMARTS) is 2. The first-order chi connectivity index (χ1) is 13.9. The zero-order chi connectivity index (χ0) is 21.1. The summed E-state index contributed by atoms with van der Waals surface area (Å²) in [6, 6.07) is 2.12. The van der Waals surface area contributed by atoms with Gasteiger partial charge in [-0.3, -0.25) is 4.68 Å². The van der Waals surface area contributed by atoms with E-state index in [-0.39, 0.29) is 0 Å². The van der Waals surface area contributed by atoms with E-state index in [1.807, 2.05) is 0 Å². The smallest absolute Gasteiger partial charge is 0.328 e. The lowest BCUT2D eigenvalue weighted by Crippen LogP contribution is -2.44. The van der Waals surface area contributed by atoms with Crippen molar-refractivity contribution in [1.82, 2.24) is 19.6 Å². The van der Waals surface area contributed by atoms with E-state index in [0.717, 1.165) is 31.9 Å². The predicted octanol–water partition coefficient (Wildman–Crippen LogP) is 1.34. The summed E-state index contributed by atoms with van der Waals surface area (Å²) in [6.07, 6.45) is 7.14. The molecule has 0 aliphatic carbocycles. The number of aromatic nitrogens is 2. The molecule has 0 aromatic carbocycles. The monoisotopic (exact) mass is 408 g/mol. The summed E-state index contributed by atoms with van der Waals surface area (Å²) in [7, 11) is 2.20. The number of likely N-dealkylation sites (N-methyl/N-ethyl adjacent to an activating group) is 1. The molecule has 162 valence electrons. The molecule has 29 heavy (non-hydrogen) atoms. The van der Waals surface area contributed by atoms with Crippen LogP contribution >= 0.6 is 0 Å². The summed E-state index contributed by atoms with van der Waals surface area (Å²) in [5.41, 5.74) is 1.34. The predicted molar refractivity (Wildman–Crippen MR) is 108 cm³/mol. The Morgan fingerprint density at radius 1 is 1.07 bits per heavy atom. The van der Waals surface area contributed by atoms with E-state index in [2.05, 4.69) is 32.7 Å². The fourth-order valence-electron chi connectivity index (χ4n) is 3.29. The SMILES string of the molecule is CN1CCN(CCCCOc2cc3n(n2)CCCC3)CC1.O=C(O)/C=C\C(=O)O. The number of carbonyl (C=O) groups is 2. The van der Waals surface area contributed by atoms with Crippen LogP contribution in [0.3, 0.4) is 0 Å². The van der Waals surface area contributed by atoms with Gasteiger partial charge >= 0.3 is 11.9 Å². The maximum absolute atomic E-state index is 9.55. The Hall–Kier alpha value is -2.39. The second-order valence-electron chi connectivity index (χ2n) is 7.36. The van der Waals surface area contributed by atoms with Crippen LogP contribution in [0.25, 0.3) is 0 Å². The summed E-state index contributed by atoms with van der Waals surface area (Å²) in [5, 5.41) is 20.1. The molecule has 1 saturated heterocycles. The van der Waals surface area contributed by atoms with Crippen LogP contribution in [0, 0.1) is 0 Å². The van der Waals surface area contributed by atoms with Crippen molar-refractivity contribution >= 4 is 11.9 Å². The van der Waals surface area contributed by atoms with Gasteiger partial charge in [-0.2, -0.15) is 0 Å². The highest BCUT2D eigenvalue weighted by Crippen LogP contribution is 2.19. The lowest BCUT2D eigenvalue weighted by atomic mass is 10.1. The lowest BCUT2D eigenvalue weighted by Gasteiger charge is -2.32. The second-order valence-corrected chi connectivity index (χ2v) is 7.36. The van der Waals surface area contributed by atoms with Gasteiger partial charge in [-0.05, 0) is 45.7 Å². The molecular weight excluding hydrogens is 376 g/mol. The normalized spacial score (nSPS) is 17.4. The Bertz CT molecular complexity index is 641. The largest absolute Gasteiger partial charge is 0.478 e. The molecule has 0 bridgehead atoms. The number of ether oxygens (including phenoxy) is 1. The number of piperazine rings is 1. The minimum absolute atomic E-state index is 0.558. The van der Waals surface area contributed by atoms with Crippen molar-refractivity contribution in [2.45, 2.75) is 38.6 Å². The zero-order valence-electron chi connectivity index (χ0n) is 17.1. The minimum atomic E-state index is -1.26. The van der Waals surface area contributed by atoms with Crippen LogP contribution in [0.4, 0.5) is 0 Å². The third-order valence-corrected chi connectivity index (χ3v) is 4.98. The number of aliphatic carboxylic acids is 2. The van der Waals surface area contributed by atoms with Crippen LogP contribution in [0.2, 0.25) is 0 Å². The van der Waals surface area contributed by atoms with Crippen LogP contribution in [-0.2, 0) is 22.6 Å². The Labute approximate surface area is 171 Å². The Balaban J connectivity index is 0.000000321. The summed E-state index contributed by atoms with van der Waals surface area (Å²) in [4.78, 5) is 24.1. The molecule has 0 unspecified atom stereocenters. The summed E-state index contributed by atoms with van der Waals surface area (Å²) in [5.74, 6) is -1.69. The molecule has 1 aromatic heterocycles. The fourth-order valence-corrected chi connectivity index (χ4v) is 3.29. The number of unbranched alkanes of at least 4 members (excludes halogenated alkanes) is 1. The Kier molecular flexibility index (Phi) is 9.66. The first-order valence-corrected chi connectivity index (χ1v) is 10.2. The standard InChI is InChI=1S/C16H28N4O.C4H4O4/c1-18-9-11-19(12-10-18)7-4-5-13-21-16-14-15-6-2-3-8-20(15)17-16;5-3(6)1-2-4(7)8/h14H,2-13H2,1H3;1-2H,(H,5,6)(H,7,8)/b;2-1-. The van der Waals surface area contributed by atoms with Crippen molar-refractivity contribution in [3.05, 3.63) is 23.9 Å². The Morgan fingerprint density at radius 3 is 2.38 bits per heavy atom. The van der Waals surface area contributed by atoms with Gasteiger partial charge in [0.1, 0.15) is 0 Å². The Morgan fingerprint density at radius 2 is 1.76 bits per heavy atom. The number of hydrogen-bond acceptors (Lipinski definition) is 6. The van der Waals surface area contributed by atoms with E-state index in [9.17, 15) is 9.59 Å². The van der Waals surface area contributed by atoms with Gasteiger partial charge in [-0.25, -0.2) is 9.59 Å². The highest BCUT2D eigenvalue weighted by atomic mass is 16.5. The van der Waals surface area contributed by atoms with Gasteiger partial charge in [0.25, 0.3) is 0 Å². The van der Waals surface area contributed by atoms with Crippen molar-refractivity contribution < 1.29 is 24.5 Å². The molecule has 0 radical (unpaired) electrons. The van der Waals surface area contributed by atoms with E-state index in [1.54, 1.807) is 0 Å². The van der Waals surface area contributed by atoms with E-state index < -0.39 is 11.9 Å². The number of nitrogens with zero attached hydrogens (tertiary/aromatic N) is 4. The number of carboxylic acids is 2. The number of hydrogen-bond donors (Lipinski definition) is 2. The maximum Gasteiger partial charge on any atom is 0.328 e. The fraction of sp³-hybridized carbons (Fsp3) is 0.650. The molecule has 3 rings (SSSR count). The van der Waals surface area contributed by atoms with E-state index in [4.69, 9.17) is 14.9 Å². The molecule has 9 heteroatoms. The third-order valence-electron chi connectivity index (χ3n) is 4.98. The van der Waals surface area contributed by atoms with Gasteiger partial charge in [0.15, 0.2) is 0 Å². The second kappa shape index (κ2) is 12.2. The van der Waals surface area contributed by atoms with Crippen LogP contribution in [0.15, 0.2) is 18.2 Å². The highest BCUT2D eigenvalue weighted by molar-refractivity contribution is 5.89. The average Bonchev–Trinajstić information content (AvgIpc) is 3.11. The summed E-state index contributed by atoms with van der Waals surface area (Å²) < 4.78 is 7.92. The number of aryl methyl sites for hydroxylation is 2. The van der Waals surface area contributed by atoms with Crippen molar-refractivity contribution in [2.24, 2.45) is 0 Å². The summed E-state index contributed by atoms with van der Waals surface area (Å²) >= 11 is 0. The third kappa shape index (κ3) is 9.10. The van der Waals surface area contributed by atoms with Crippen molar-refractivity contribution in [3.8, 4) is 5.88 Å². The molecule has 0 spiro atoms. The quantitative estimate of drug-likeness (QED) is 0.490. The van der Waals surface area contributed by atoms with Crippen molar-refractivity contribution in [2.75, 3.05) is 46.4 Å². The average molecular weight is 408 g/mol. The summed E-state index contributed by atoms with van der Waals surface area (Å²) in [6.45, 7) is 7.90. The topological polar surface area (TPSA) is 108 Å². The van der Waals surface area contributed by atoms with Crippen molar-refractivity contribution in [3.63, 3.8) is 0 Å². The highest BCUT2D eigenvalue weighted by Gasteiger charge is 2.14. The maximum atomic E-state index is 9.55. The molecule has 2 aliphatic rings. The molecule has 0 amide bonds. The van der Waals surface area contributed by atoms with Gasteiger partial charge in [0, 0.05) is 56.6 Å². The number of fused-ring (bicyclic) bond motifs is 1. The van der Waals surface area contributed by atoms with Crippen molar-refractivity contribution in [1.29, 1.82) is 0 Å². The van der Waals surface area contributed by atoms with Gasteiger partial charge in [-0.15, -0.1) is 5.10 Å². The molecule has 0 saturated carbocycles. The van der Waals surface area contributed by atoms with Crippen LogP contribution in [0.5, 0.6) is 5.88 Å². The van der Waals surface area contributed by atoms with E-state index in [0.29, 0.717) is 12.2 Å². The molecule has 3 heterocycles. The zero-order valence-corrected chi connectivity index (χ0v) is 17.1. The molecule has 2 aliphatic heterocycles. The van der Waals surface area contributed by atoms with Crippen LogP contribution < -0.4 is 4.74 Å². The van der Waals surface area contributed by atoms with E-state index >= 15 is 0 Å². The number of rotatable bonds is 8. The molecule has 9 nitrogen and oxygen atoms in total.